The van der Waals surface area contributed by atoms with Crippen molar-refractivity contribution in [3.63, 3.8) is 0 Å². The van der Waals surface area contributed by atoms with Crippen molar-refractivity contribution in [3.8, 4) is 0 Å². The maximum atomic E-state index is 12.7. The van der Waals surface area contributed by atoms with Crippen LogP contribution in [0.2, 0.25) is 0 Å². The van der Waals surface area contributed by atoms with Gasteiger partial charge < -0.3 is 10.2 Å². The van der Waals surface area contributed by atoms with Crippen molar-refractivity contribution in [2.24, 2.45) is 0 Å². The zero-order chi connectivity index (χ0) is 15.0. The molecule has 0 aliphatic heterocycles. The second kappa shape index (κ2) is 5.18. The first-order valence-corrected chi connectivity index (χ1v) is 6.81. The molecular weight excluding hydrogens is 283 g/mol. The van der Waals surface area contributed by atoms with Gasteiger partial charge >= 0.3 is 6.18 Å². The average molecular weight is 299 g/mol. The van der Waals surface area contributed by atoms with E-state index in [0.29, 0.717) is 23.9 Å². The van der Waals surface area contributed by atoms with Gasteiger partial charge in [0, 0.05) is 37.6 Å². The summed E-state index contributed by atoms with van der Waals surface area (Å²) in [5.74, 6) is 0.421. The molecule has 5 nitrogen and oxygen atoms in total. The minimum atomic E-state index is -4.45. The molecule has 0 bridgehead atoms. The second-order valence-corrected chi connectivity index (χ2v) is 5.27. The standard InChI is InChI=1S/C13H16F3N5/c1-20(9-2-3-9)6-4-17-12-10-8-11(13(14,15)16)19-21(10)7-5-18-12/h5,7-9H,2-4,6H2,1H3,(H,17,18). The number of hydrogen-bond acceptors (Lipinski definition) is 4. The Labute approximate surface area is 119 Å². The molecular formula is C13H16F3N5. The summed E-state index contributed by atoms with van der Waals surface area (Å²) in [6, 6.07) is 1.67. The molecule has 0 saturated heterocycles. The highest BCUT2D eigenvalue weighted by molar-refractivity contribution is 5.67. The van der Waals surface area contributed by atoms with Crippen LogP contribution in [0.15, 0.2) is 18.5 Å². The van der Waals surface area contributed by atoms with Gasteiger partial charge in [-0.25, -0.2) is 9.50 Å². The van der Waals surface area contributed by atoms with E-state index < -0.39 is 11.9 Å². The third-order valence-corrected chi connectivity index (χ3v) is 3.61. The fourth-order valence-corrected chi connectivity index (χ4v) is 2.25. The van der Waals surface area contributed by atoms with Crippen LogP contribution in [0, 0.1) is 0 Å². The summed E-state index contributed by atoms with van der Waals surface area (Å²) in [6.45, 7) is 1.46. The molecule has 0 aromatic carbocycles. The van der Waals surface area contributed by atoms with Gasteiger partial charge in [-0.2, -0.15) is 18.3 Å². The largest absolute Gasteiger partial charge is 0.435 e. The monoisotopic (exact) mass is 299 g/mol. The first kappa shape index (κ1) is 14.1. The molecule has 21 heavy (non-hydrogen) atoms. The van der Waals surface area contributed by atoms with Crippen LogP contribution in [0.1, 0.15) is 18.5 Å². The van der Waals surface area contributed by atoms with E-state index in [4.69, 9.17) is 0 Å². The fourth-order valence-electron chi connectivity index (χ4n) is 2.25. The van der Waals surface area contributed by atoms with Gasteiger partial charge in [-0.1, -0.05) is 0 Å². The molecule has 1 saturated carbocycles. The summed E-state index contributed by atoms with van der Waals surface area (Å²) >= 11 is 0. The third-order valence-electron chi connectivity index (χ3n) is 3.61. The lowest BCUT2D eigenvalue weighted by Gasteiger charge is -2.16. The molecule has 0 amide bonds. The lowest BCUT2D eigenvalue weighted by molar-refractivity contribution is -0.141. The van der Waals surface area contributed by atoms with Crippen LogP contribution < -0.4 is 5.32 Å². The van der Waals surface area contributed by atoms with E-state index in [9.17, 15) is 13.2 Å². The Morgan fingerprint density at radius 3 is 2.86 bits per heavy atom. The molecule has 0 atom stereocenters. The normalized spacial score (nSPS) is 15.9. The van der Waals surface area contributed by atoms with Crippen LogP contribution in [0.3, 0.4) is 0 Å². The molecule has 0 radical (unpaired) electrons. The number of hydrogen-bond donors (Lipinski definition) is 1. The fraction of sp³-hybridized carbons (Fsp3) is 0.538. The number of nitrogens with zero attached hydrogens (tertiary/aromatic N) is 4. The Hall–Kier alpha value is -1.83. The van der Waals surface area contributed by atoms with Crippen LogP contribution in [0.5, 0.6) is 0 Å². The second-order valence-electron chi connectivity index (χ2n) is 5.27. The SMILES string of the molecule is CN(CCNc1nccn2nc(C(F)(F)F)cc12)C1CC1. The molecule has 2 aromatic rings. The van der Waals surface area contributed by atoms with E-state index in [1.54, 1.807) is 0 Å². The number of anilines is 1. The number of nitrogens with one attached hydrogen (secondary N) is 1. The van der Waals surface area contributed by atoms with Gasteiger partial charge in [0.25, 0.3) is 0 Å². The quantitative estimate of drug-likeness (QED) is 0.920. The zero-order valence-corrected chi connectivity index (χ0v) is 11.6. The van der Waals surface area contributed by atoms with Crippen molar-refractivity contribution < 1.29 is 13.2 Å². The van der Waals surface area contributed by atoms with Gasteiger partial charge in [0.15, 0.2) is 11.5 Å². The highest BCUT2D eigenvalue weighted by Crippen LogP contribution is 2.30. The number of fused-ring (bicyclic) bond motifs is 1. The number of likely N-dealkylation sites (N-methyl/N-ethyl adjacent to an activating group) is 1. The predicted octanol–water partition coefficient (Wildman–Crippen LogP) is 2.25. The van der Waals surface area contributed by atoms with Crippen molar-refractivity contribution in [1.82, 2.24) is 19.5 Å². The van der Waals surface area contributed by atoms with Crippen molar-refractivity contribution >= 4 is 11.3 Å². The molecule has 0 spiro atoms. The first-order valence-electron chi connectivity index (χ1n) is 6.81. The molecule has 1 fully saturated rings. The Balaban J connectivity index is 1.73. The number of rotatable bonds is 5. The van der Waals surface area contributed by atoms with E-state index in [0.717, 1.165) is 12.6 Å². The molecule has 8 heteroatoms. The van der Waals surface area contributed by atoms with Crippen LogP contribution in [-0.2, 0) is 6.18 Å². The smallest absolute Gasteiger partial charge is 0.367 e. The molecule has 2 aromatic heterocycles. The van der Waals surface area contributed by atoms with E-state index in [2.05, 4.69) is 20.3 Å². The van der Waals surface area contributed by atoms with E-state index in [-0.39, 0.29) is 0 Å². The van der Waals surface area contributed by atoms with Gasteiger partial charge in [0.2, 0.25) is 0 Å². The Bertz CT molecular complexity index is 632. The summed E-state index contributed by atoms with van der Waals surface area (Å²) in [5.41, 5.74) is -0.576. The molecule has 3 rings (SSSR count). The van der Waals surface area contributed by atoms with Gasteiger partial charge in [-0.15, -0.1) is 0 Å². The lowest BCUT2D eigenvalue weighted by Crippen LogP contribution is -2.27. The summed E-state index contributed by atoms with van der Waals surface area (Å²) in [5, 5.41) is 6.61. The molecule has 1 aliphatic carbocycles. The number of aromatic nitrogens is 3. The number of alkyl halides is 3. The summed E-state index contributed by atoms with van der Waals surface area (Å²) in [6.07, 6.45) is 0.846. The number of halogens is 3. The van der Waals surface area contributed by atoms with Gasteiger partial charge in [0.1, 0.15) is 5.52 Å². The zero-order valence-electron chi connectivity index (χ0n) is 11.6. The summed E-state index contributed by atoms with van der Waals surface area (Å²) in [7, 11) is 2.05. The maximum Gasteiger partial charge on any atom is 0.435 e. The minimum absolute atomic E-state index is 0.332. The van der Waals surface area contributed by atoms with Crippen LogP contribution in [0.4, 0.5) is 19.0 Å². The molecule has 0 unspecified atom stereocenters. The summed E-state index contributed by atoms with van der Waals surface area (Å²) in [4.78, 5) is 6.34. The Morgan fingerprint density at radius 1 is 1.43 bits per heavy atom. The molecule has 2 heterocycles. The van der Waals surface area contributed by atoms with Crippen molar-refractivity contribution in [2.75, 3.05) is 25.5 Å². The summed E-state index contributed by atoms with van der Waals surface area (Å²) < 4.78 is 39.3. The van der Waals surface area contributed by atoms with E-state index in [1.165, 1.54) is 29.8 Å². The Kier molecular flexibility index (Phi) is 3.48. The van der Waals surface area contributed by atoms with Crippen molar-refractivity contribution in [1.29, 1.82) is 0 Å². The lowest BCUT2D eigenvalue weighted by atomic mass is 10.3. The highest BCUT2D eigenvalue weighted by Gasteiger charge is 2.34. The first-order chi connectivity index (χ1) is 9.95. The van der Waals surface area contributed by atoms with E-state index >= 15 is 0 Å². The predicted molar refractivity (Wildman–Crippen MR) is 72.1 cm³/mol. The maximum absolute atomic E-state index is 12.7. The van der Waals surface area contributed by atoms with Gasteiger partial charge in [0.05, 0.1) is 0 Å². The van der Waals surface area contributed by atoms with Crippen LogP contribution in [0.25, 0.3) is 5.52 Å². The van der Waals surface area contributed by atoms with Crippen molar-refractivity contribution in [3.05, 3.63) is 24.2 Å². The molecule has 1 N–H and O–H groups in total. The van der Waals surface area contributed by atoms with Crippen LogP contribution >= 0.6 is 0 Å². The van der Waals surface area contributed by atoms with Gasteiger partial charge in [-0.05, 0) is 19.9 Å². The average Bonchev–Trinajstić information content (AvgIpc) is 3.16. The Morgan fingerprint density at radius 2 is 2.19 bits per heavy atom. The topological polar surface area (TPSA) is 45.5 Å². The molecule has 114 valence electrons. The third kappa shape index (κ3) is 3.10. The van der Waals surface area contributed by atoms with Crippen molar-refractivity contribution in [2.45, 2.75) is 25.1 Å². The highest BCUT2D eigenvalue weighted by atomic mass is 19.4. The van der Waals surface area contributed by atoms with E-state index in [1.807, 2.05) is 7.05 Å². The minimum Gasteiger partial charge on any atom is -0.367 e. The molecule has 1 aliphatic rings. The van der Waals surface area contributed by atoms with Crippen LogP contribution in [-0.4, -0.2) is 45.7 Å². The van der Waals surface area contributed by atoms with Gasteiger partial charge in [-0.3, -0.25) is 0 Å².